The number of nitrogens with two attached hydrogens (primary N) is 1. The van der Waals surface area contributed by atoms with Crippen LogP contribution in [0.5, 0.6) is 17.2 Å². The summed E-state index contributed by atoms with van der Waals surface area (Å²) < 4.78 is 16.6. The van der Waals surface area contributed by atoms with Gasteiger partial charge in [-0.25, -0.2) is 0 Å². The molecule has 0 aromatic heterocycles. The summed E-state index contributed by atoms with van der Waals surface area (Å²) in [6, 6.07) is 29.5. The molecular weight excluding hydrogens is 410 g/mol. The lowest BCUT2D eigenvalue weighted by molar-refractivity contribution is 0.174. The minimum Gasteiger partial charge on any atom is -0.494 e. The molecule has 0 radical (unpaired) electrons. The van der Waals surface area contributed by atoms with Crippen molar-refractivity contribution < 1.29 is 14.2 Å². The minimum absolute atomic E-state index is 0.286. The first-order valence-electron chi connectivity index (χ1n) is 11.5. The lowest BCUT2D eigenvalue weighted by Crippen LogP contribution is -2.39. The second-order valence-electron chi connectivity index (χ2n) is 8.66. The van der Waals surface area contributed by atoms with Crippen LogP contribution in [-0.2, 0) is 18.4 Å². The quantitative estimate of drug-likeness (QED) is 0.366. The van der Waals surface area contributed by atoms with E-state index in [-0.39, 0.29) is 6.79 Å². The largest absolute Gasteiger partial charge is 0.494 e. The molecule has 0 fully saturated rings. The fraction of sp³-hybridized carbons (Fsp3) is 0.241. The van der Waals surface area contributed by atoms with Gasteiger partial charge in [0.2, 0.25) is 6.79 Å². The molecule has 0 saturated heterocycles. The molecule has 1 atom stereocenters. The van der Waals surface area contributed by atoms with Crippen molar-refractivity contribution in [1.82, 2.24) is 0 Å². The molecule has 33 heavy (non-hydrogen) atoms. The van der Waals surface area contributed by atoms with Gasteiger partial charge in [0.25, 0.3) is 0 Å². The Bertz CT molecular complexity index is 1250. The third-order valence-corrected chi connectivity index (χ3v) is 6.38. The molecule has 4 nitrogen and oxygen atoms in total. The van der Waals surface area contributed by atoms with Crippen LogP contribution in [0.2, 0.25) is 0 Å². The van der Waals surface area contributed by atoms with E-state index >= 15 is 0 Å². The zero-order chi connectivity index (χ0) is 22.7. The van der Waals surface area contributed by atoms with Crippen LogP contribution in [0.15, 0.2) is 84.9 Å². The van der Waals surface area contributed by atoms with Gasteiger partial charge < -0.3 is 19.9 Å². The third kappa shape index (κ3) is 4.67. The summed E-state index contributed by atoms with van der Waals surface area (Å²) >= 11 is 0. The molecule has 4 aromatic rings. The first kappa shape index (κ1) is 21.4. The molecule has 4 heteroatoms. The van der Waals surface area contributed by atoms with Crippen LogP contribution in [0, 0.1) is 0 Å². The van der Waals surface area contributed by atoms with Gasteiger partial charge in [-0.15, -0.1) is 0 Å². The predicted molar refractivity (Wildman–Crippen MR) is 132 cm³/mol. The maximum Gasteiger partial charge on any atom is 0.231 e. The van der Waals surface area contributed by atoms with Gasteiger partial charge in [0.05, 0.1) is 6.61 Å². The van der Waals surface area contributed by atoms with Crippen LogP contribution in [0.1, 0.15) is 30.0 Å². The van der Waals surface area contributed by atoms with Crippen molar-refractivity contribution in [2.75, 3.05) is 13.4 Å². The van der Waals surface area contributed by atoms with Crippen molar-refractivity contribution in [3.63, 3.8) is 0 Å². The lowest BCUT2D eigenvalue weighted by Gasteiger charge is -2.31. The molecule has 1 aliphatic rings. The van der Waals surface area contributed by atoms with E-state index in [1.54, 1.807) is 0 Å². The summed E-state index contributed by atoms with van der Waals surface area (Å²) in [6.45, 7) is 2.94. The van der Waals surface area contributed by atoms with Crippen molar-refractivity contribution in [1.29, 1.82) is 0 Å². The van der Waals surface area contributed by atoms with Gasteiger partial charge >= 0.3 is 0 Å². The highest BCUT2D eigenvalue weighted by atomic mass is 16.7. The molecule has 0 spiro atoms. The standard InChI is InChI=1S/C29H29NO3/c1-2-31-26-12-7-22(8-13-26)19-29(30,25-11-10-23-5-3-4-6-24(23)18-25)16-15-21-9-14-27-28(17-21)33-20-32-27/h3-14,17-18H,2,15-16,19-20,30H2,1H3. The van der Waals surface area contributed by atoms with Crippen LogP contribution in [-0.4, -0.2) is 13.4 Å². The van der Waals surface area contributed by atoms with E-state index in [2.05, 4.69) is 66.7 Å². The van der Waals surface area contributed by atoms with Crippen LogP contribution < -0.4 is 19.9 Å². The minimum atomic E-state index is -0.520. The van der Waals surface area contributed by atoms with E-state index in [1.165, 1.54) is 21.9 Å². The number of benzene rings is 4. The highest BCUT2D eigenvalue weighted by molar-refractivity contribution is 5.83. The highest BCUT2D eigenvalue weighted by Gasteiger charge is 2.28. The maximum atomic E-state index is 7.21. The van der Waals surface area contributed by atoms with Crippen LogP contribution in [0.4, 0.5) is 0 Å². The number of rotatable bonds is 8. The van der Waals surface area contributed by atoms with Crippen molar-refractivity contribution in [2.45, 2.75) is 31.7 Å². The van der Waals surface area contributed by atoms with E-state index < -0.39 is 5.54 Å². The monoisotopic (exact) mass is 439 g/mol. The summed E-state index contributed by atoms with van der Waals surface area (Å²) in [5, 5.41) is 2.43. The average molecular weight is 440 g/mol. The molecule has 4 aromatic carbocycles. The van der Waals surface area contributed by atoms with E-state index in [1.807, 2.05) is 25.1 Å². The Morgan fingerprint density at radius 1 is 0.818 bits per heavy atom. The molecule has 2 N–H and O–H groups in total. The average Bonchev–Trinajstić information content (AvgIpc) is 3.32. The summed E-state index contributed by atoms with van der Waals surface area (Å²) in [5.41, 5.74) is 10.2. The Morgan fingerprint density at radius 2 is 1.58 bits per heavy atom. The summed E-state index contributed by atoms with van der Waals surface area (Å²) in [7, 11) is 0. The van der Waals surface area contributed by atoms with Crippen molar-refractivity contribution in [2.24, 2.45) is 5.73 Å². The molecule has 5 rings (SSSR count). The number of ether oxygens (including phenoxy) is 3. The van der Waals surface area contributed by atoms with E-state index in [0.717, 1.165) is 42.1 Å². The van der Waals surface area contributed by atoms with Crippen LogP contribution in [0.3, 0.4) is 0 Å². The fourth-order valence-corrected chi connectivity index (χ4v) is 4.53. The van der Waals surface area contributed by atoms with E-state index in [0.29, 0.717) is 6.61 Å². The Kier molecular flexibility index (Phi) is 5.93. The Morgan fingerprint density at radius 3 is 2.39 bits per heavy atom. The topological polar surface area (TPSA) is 53.7 Å². The van der Waals surface area contributed by atoms with Gasteiger partial charge in [-0.2, -0.15) is 0 Å². The van der Waals surface area contributed by atoms with Crippen molar-refractivity contribution >= 4 is 10.8 Å². The molecule has 168 valence electrons. The third-order valence-electron chi connectivity index (χ3n) is 6.38. The number of aryl methyl sites for hydroxylation is 1. The van der Waals surface area contributed by atoms with Gasteiger partial charge in [0, 0.05) is 5.54 Å². The molecule has 0 saturated carbocycles. The fourth-order valence-electron chi connectivity index (χ4n) is 4.53. The molecule has 0 aliphatic carbocycles. The van der Waals surface area contributed by atoms with E-state index in [4.69, 9.17) is 19.9 Å². The second kappa shape index (κ2) is 9.16. The van der Waals surface area contributed by atoms with Gasteiger partial charge in [0.1, 0.15) is 5.75 Å². The van der Waals surface area contributed by atoms with Crippen molar-refractivity contribution in [3.8, 4) is 17.2 Å². The first-order chi connectivity index (χ1) is 16.1. The number of hydrogen-bond donors (Lipinski definition) is 1. The second-order valence-corrected chi connectivity index (χ2v) is 8.66. The molecule has 0 bridgehead atoms. The number of hydrogen-bond acceptors (Lipinski definition) is 4. The molecule has 0 amide bonds. The predicted octanol–water partition coefficient (Wildman–Crippen LogP) is 6.00. The van der Waals surface area contributed by atoms with Crippen LogP contribution in [0.25, 0.3) is 10.8 Å². The Labute approximate surface area is 194 Å². The molecular formula is C29H29NO3. The van der Waals surface area contributed by atoms with Gasteiger partial charge in [0.15, 0.2) is 11.5 Å². The highest BCUT2D eigenvalue weighted by Crippen LogP contribution is 2.35. The Hall–Kier alpha value is -3.50. The van der Waals surface area contributed by atoms with Crippen LogP contribution >= 0.6 is 0 Å². The Balaban J connectivity index is 1.44. The van der Waals surface area contributed by atoms with Gasteiger partial charge in [-0.3, -0.25) is 0 Å². The molecule has 1 heterocycles. The van der Waals surface area contributed by atoms with Gasteiger partial charge in [-0.1, -0.05) is 54.6 Å². The summed E-state index contributed by atoms with van der Waals surface area (Å²) in [5.74, 6) is 2.50. The summed E-state index contributed by atoms with van der Waals surface area (Å²) in [6.07, 6.45) is 2.39. The first-order valence-corrected chi connectivity index (χ1v) is 11.5. The number of fused-ring (bicyclic) bond motifs is 2. The molecule has 1 aliphatic heterocycles. The smallest absolute Gasteiger partial charge is 0.231 e. The molecule has 1 unspecified atom stereocenters. The zero-order valence-corrected chi connectivity index (χ0v) is 18.9. The zero-order valence-electron chi connectivity index (χ0n) is 18.9. The van der Waals surface area contributed by atoms with E-state index in [9.17, 15) is 0 Å². The van der Waals surface area contributed by atoms with Crippen molar-refractivity contribution in [3.05, 3.63) is 102 Å². The SMILES string of the molecule is CCOc1ccc(CC(N)(CCc2ccc3c(c2)OCO3)c2ccc3ccccc3c2)cc1. The normalized spacial score (nSPS) is 14.2. The maximum absolute atomic E-state index is 7.21. The summed E-state index contributed by atoms with van der Waals surface area (Å²) in [4.78, 5) is 0. The lowest BCUT2D eigenvalue weighted by atomic mass is 9.79. The van der Waals surface area contributed by atoms with Gasteiger partial charge in [-0.05, 0) is 84.0 Å².